The van der Waals surface area contributed by atoms with Crippen molar-refractivity contribution in [1.29, 1.82) is 0 Å². The Kier molecular flexibility index (Phi) is 5.70. The molecule has 0 aliphatic heterocycles. The summed E-state index contributed by atoms with van der Waals surface area (Å²) >= 11 is 0. The molecule has 0 saturated heterocycles. The molecule has 2 aromatic heterocycles. The summed E-state index contributed by atoms with van der Waals surface area (Å²) < 4.78 is 16.0. The summed E-state index contributed by atoms with van der Waals surface area (Å²) in [6, 6.07) is 14.6. The first-order valence-electron chi connectivity index (χ1n) is 9.65. The van der Waals surface area contributed by atoms with Gasteiger partial charge in [0.25, 0.3) is 5.91 Å². The van der Waals surface area contributed by atoms with Crippen LogP contribution >= 0.6 is 0 Å². The first kappa shape index (κ1) is 20.2. The average molecular weight is 418 g/mol. The topological polar surface area (TPSA) is 102 Å². The van der Waals surface area contributed by atoms with E-state index in [0.717, 1.165) is 28.2 Å². The molecule has 0 saturated carbocycles. The van der Waals surface area contributed by atoms with Gasteiger partial charge in [0.15, 0.2) is 11.5 Å². The first-order valence-corrected chi connectivity index (χ1v) is 9.65. The highest BCUT2D eigenvalue weighted by Crippen LogP contribution is 2.28. The molecule has 0 unspecified atom stereocenters. The van der Waals surface area contributed by atoms with E-state index >= 15 is 0 Å². The van der Waals surface area contributed by atoms with Crippen LogP contribution in [0.5, 0.6) is 11.5 Å². The summed E-state index contributed by atoms with van der Waals surface area (Å²) in [5.41, 5.74) is 5.55. The van der Waals surface area contributed by atoms with E-state index in [2.05, 4.69) is 20.5 Å². The third-order valence-corrected chi connectivity index (χ3v) is 4.73. The van der Waals surface area contributed by atoms with Crippen molar-refractivity contribution in [3.8, 4) is 11.5 Å². The van der Waals surface area contributed by atoms with Gasteiger partial charge in [-0.25, -0.2) is 10.4 Å². The van der Waals surface area contributed by atoms with Crippen LogP contribution in [0.15, 0.2) is 58.0 Å². The summed E-state index contributed by atoms with van der Waals surface area (Å²) in [5, 5.41) is 3.94. The number of nitrogens with zero attached hydrogens (tertiary/aromatic N) is 2. The van der Waals surface area contributed by atoms with Gasteiger partial charge in [-0.2, -0.15) is 5.10 Å². The highest BCUT2D eigenvalue weighted by atomic mass is 16.5. The van der Waals surface area contributed by atoms with Gasteiger partial charge in [-0.3, -0.25) is 4.79 Å². The first-order chi connectivity index (χ1) is 15.1. The Morgan fingerprint density at radius 2 is 1.97 bits per heavy atom. The van der Waals surface area contributed by atoms with Gasteiger partial charge in [0.05, 0.1) is 31.5 Å². The maximum Gasteiger partial charge on any atom is 0.271 e. The molecule has 2 aromatic carbocycles. The fourth-order valence-corrected chi connectivity index (χ4v) is 3.21. The van der Waals surface area contributed by atoms with Crippen LogP contribution in [0.4, 0.5) is 0 Å². The molecule has 0 radical (unpaired) electrons. The molecule has 8 heteroatoms. The number of rotatable bonds is 7. The number of furan rings is 1. The molecular weight excluding hydrogens is 396 g/mol. The van der Waals surface area contributed by atoms with Crippen LogP contribution in [0.2, 0.25) is 0 Å². The minimum absolute atomic E-state index is 0.322. The molecule has 0 bridgehead atoms. The predicted molar refractivity (Wildman–Crippen MR) is 117 cm³/mol. The number of hydrogen-bond acceptors (Lipinski definition) is 6. The number of benzene rings is 2. The smallest absolute Gasteiger partial charge is 0.271 e. The van der Waals surface area contributed by atoms with Gasteiger partial charge >= 0.3 is 0 Å². The number of ether oxygens (including phenoxy) is 2. The van der Waals surface area contributed by atoms with E-state index in [9.17, 15) is 4.79 Å². The predicted octanol–water partition coefficient (Wildman–Crippen LogP) is 3.84. The van der Waals surface area contributed by atoms with Gasteiger partial charge < -0.3 is 18.9 Å². The third kappa shape index (κ3) is 4.58. The zero-order valence-corrected chi connectivity index (χ0v) is 17.4. The van der Waals surface area contributed by atoms with Gasteiger partial charge in [0.1, 0.15) is 17.3 Å². The molecule has 0 spiro atoms. The lowest BCUT2D eigenvalue weighted by Crippen LogP contribution is -2.17. The largest absolute Gasteiger partial charge is 0.493 e. The van der Waals surface area contributed by atoms with E-state index in [1.54, 1.807) is 38.5 Å². The fourth-order valence-electron chi connectivity index (χ4n) is 3.21. The number of carbonyl (C=O) groups is 1. The van der Waals surface area contributed by atoms with Crippen LogP contribution in [0, 0.1) is 6.92 Å². The molecule has 0 aliphatic rings. The monoisotopic (exact) mass is 418 g/mol. The van der Waals surface area contributed by atoms with E-state index in [0.29, 0.717) is 29.2 Å². The van der Waals surface area contributed by atoms with Crippen molar-refractivity contribution in [2.75, 3.05) is 14.2 Å². The number of aromatic amines is 1. The van der Waals surface area contributed by atoms with Crippen LogP contribution in [0.25, 0.3) is 11.0 Å². The van der Waals surface area contributed by atoms with Crippen LogP contribution in [0.3, 0.4) is 0 Å². The normalized spacial score (nSPS) is 11.2. The Balaban J connectivity index is 1.47. The highest BCUT2D eigenvalue weighted by molar-refractivity contribution is 5.97. The fraction of sp³-hybridized carbons (Fsp3) is 0.174. The summed E-state index contributed by atoms with van der Waals surface area (Å²) in [7, 11) is 3.21. The Morgan fingerprint density at radius 1 is 1.13 bits per heavy atom. The molecule has 2 N–H and O–H groups in total. The lowest BCUT2D eigenvalue weighted by Gasteiger charge is -2.08. The molecule has 4 aromatic rings. The van der Waals surface area contributed by atoms with E-state index in [4.69, 9.17) is 13.9 Å². The van der Waals surface area contributed by atoms with Gasteiger partial charge in [-0.05, 0) is 55.0 Å². The Hall–Kier alpha value is -4.07. The number of carbonyl (C=O) groups excluding carboxylic acids is 1. The molecule has 8 nitrogen and oxygen atoms in total. The van der Waals surface area contributed by atoms with Crippen molar-refractivity contribution in [1.82, 2.24) is 15.4 Å². The summed E-state index contributed by atoms with van der Waals surface area (Å²) in [5.74, 6) is 3.16. The third-order valence-electron chi connectivity index (χ3n) is 4.73. The number of aromatic nitrogens is 2. The maximum absolute atomic E-state index is 12.4. The quantitative estimate of drug-likeness (QED) is 0.351. The van der Waals surface area contributed by atoms with E-state index in [1.807, 2.05) is 31.2 Å². The van der Waals surface area contributed by atoms with Gasteiger partial charge in [-0.15, -0.1) is 0 Å². The molecule has 2 heterocycles. The van der Waals surface area contributed by atoms with Crippen molar-refractivity contribution in [2.45, 2.75) is 13.3 Å². The van der Waals surface area contributed by atoms with E-state index in [-0.39, 0.29) is 5.91 Å². The molecule has 1 amide bonds. The summed E-state index contributed by atoms with van der Waals surface area (Å²) in [6.07, 6.45) is 2.05. The van der Waals surface area contributed by atoms with Gasteiger partial charge in [0.2, 0.25) is 0 Å². The van der Waals surface area contributed by atoms with Gasteiger partial charge in [-0.1, -0.05) is 6.07 Å². The van der Waals surface area contributed by atoms with Gasteiger partial charge in [0, 0.05) is 12.0 Å². The van der Waals surface area contributed by atoms with Crippen molar-refractivity contribution < 1.29 is 18.7 Å². The summed E-state index contributed by atoms with van der Waals surface area (Å²) in [6.45, 7) is 1.84. The number of fused-ring (bicyclic) bond motifs is 1. The second-order valence-corrected chi connectivity index (χ2v) is 6.93. The molecule has 4 rings (SSSR count). The van der Waals surface area contributed by atoms with Crippen LogP contribution in [0.1, 0.15) is 33.3 Å². The van der Waals surface area contributed by atoms with E-state index in [1.165, 1.54) is 6.21 Å². The Labute approximate surface area is 178 Å². The number of amides is 1. The van der Waals surface area contributed by atoms with Crippen molar-refractivity contribution in [3.05, 3.63) is 77.0 Å². The number of H-pyrrole nitrogens is 1. The zero-order valence-electron chi connectivity index (χ0n) is 17.4. The average Bonchev–Trinajstić information content (AvgIpc) is 3.38. The summed E-state index contributed by atoms with van der Waals surface area (Å²) in [4.78, 5) is 20.3. The van der Waals surface area contributed by atoms with Crippen molar-refractivity contribution in [2.24, 2.45) is 5.10 Å². The second kappa shape index (κ2) is 8.74. The highest BCUT2D eigenvalue weighted by Gasteiger charge is 2.11. The Bertz CT molecular complexity index is 1260. The number of nitrogens with one attached hydrogen (secondary N) is 2. The maximum atomic E-state index is 12.4. The SMILES string of the molecule is COc1ccc(Cc2nc3ccc(C(=O)N/N=C\c4ccc(C)o4)cc3[nH]2)cc1OC. The lowest BCUT2D eigenvalue weighted by atomic mass is 10.1. The van der Waals surface area contributed by atoms with Crippen LogP contribution < -0.4 is 14.9 Å². The van der Waals surface area contributed by atoms with Crippen molar-refractivity contribution in [3.63, 3.8) is 0 Å². The molecule has 0 fully saturated rings. The minimum atomic E-state index is -0.322. The number of imidazole rings is 1. The zero-order chi connectivity index (χ0) is 21.8. The number of methoxy groups -OCH3 is 2. The molecule has 31 heavy (non-hydrogen) atoms. The standard InChI is InChI=1S/C23H22N4O4/c1-14-4-7-17(31-14)13-24-27-23(28)16-6-8-18-19(12-16)26-22(25-18)11-15-5-9-20(29-2)21(10-15)30-3/h4-10,12-13H,11H2,1-3H3,(H,25,26)(H,27,28)/b24-13-. The van der Waals surface area contributed by atoms with Crippen LogP contribution in [-0.4, -0.2) is 36.3 Å². The number of hydrazone groups is 1. The molecule has 158 valence electrons. The second-order valence-electron chi connectivity index (χ2n) is 6.93. The molecule has 0 aliphatic carbocycles. The number of aryl methyl sites for hydroxylation is 1. The van der Waals surface area contributed by atoms with E-state index < -0.39 is 0 Å². The number of hydrogen-bond donors (Lipinski definition) is 2. The van der Waals surface area contributed by atoms with Crippen molar-refractivity contribution >= 4 is 23.2 Å². The lowest BCUT2D eigenvalue weighted by molar-refractivity contribution is 0.0955. The Morgan fingerprint density at radius 3 is 2.71 bits per heavy atom. The molecule has 0 atom stereocenters. The van der Waals surface area contributed by atoms with Crippen LogP contribution in [-0.2, 0) is 6.42 Å². The molecular formula is C23H22N4O4. The minimum Gasteiger partial charge on any atom is -0.493 e.